The Morgan fingerprint density at radius 2 is 2.19 bits per heavy atom. The average Bonchev–Trinajstić information content (AvgIpc) is 3.18. The molecule has 1 aromatic rings. The zero-order valence-electron chi connectivity index (χ0n) is 12.2. The zero-order valence-corrected chi connectivity index (χ0v) is 12.2. The summed E-state index contributed by atoms with van der Waals surface area (Å²) in [7, 11) is 0. The normalized spacial score (nSPS) is 21.6. The number of rotatable bonds is 4. The standard InChI is InChI=1S/C16H21N3O2/c1-2-15(20)19-11-7-13(12-19)21-14-6-5-8-17-16(14)18-9-3-4-10-18/h2,5-6,8,13H,1,3-4,7,9-12H2/t13-/m1/s1. The Morgan fingerprint density at radius 1 is 1.38 bits per heavy atom. The van der Waals surface area contributed by atoms with Gasteiger partial charge in [-0.05, 0) is 31.1 Å². The molecule has 3 heterocycles. The predicted octanol–water partition coefficient (Wildman–Crippen LogP) is 1.85. The van der Waals surface area contributed by atoms with Crippen LogP contribution < -0.4 is 9.64 Å². The van der Waals surface area contributed by atoms with Gasteiger partial charge in [0.2, 0.25) is 5.91 Å². The molecule has 5 heteroatoms. The summed E-state index contributed by atoms with van der Waals surface area (Å²) in [4.78, 5) is 20.2. The molecule has 0 aliphatic carbocycles. The van der Waals surface area contributed by atoms with E-state index in [0.717, 1.165) is 37.6 Å². The summed E-state index contributed by atoms with van der Waals surface area (Å²) in [6.07, 6.45) is 6.49. The minimum atomic E-state index is -0.0212. The third-order valence-corrected chi connectivity index (χ3v) is 4.08. The van der Waals surface area contributed by atoms with Gasteiger partial charge >= 0.3 is 0 Å². The van der Waals surface area contributed by atoms with E-state index in [1.807, 2.05) is 18.3 Å². The maximum absolute atomic E-state index is 11.6. The molecule has 1 amide bonds. The van der Waals surface area contributed by atoms with Crippen molar-refractivity contribution in [3.8, 4) is 5.75 Å². The SMILES string of the molecule is C=CC(=O)N1CC[C@@H](Oc2cccnc2N2CCCC2)C1. The maximum Gasteiger partial charge on any atom is 0.246 e. The van der Waals surface area contributed by atoms with Crippen LogP contribution in [0.3, 0.4) is 0 Å². The molecule has 2 fully saturated rings. The number of aromatic nitrogens is 1. The molecule has 2 aliphatic rings. The van der Waals surface area contributed by atoms with Gasteiger partial charge in [0.15, 0.2) is 11.6 Å². The number of likely N-dealkylation sites (tertiary alicyclic amines) is 1. The number of hydrogen-bond acceptors (Lipinski definition) is 4. The van der Waals surface area contributed by atoms with Crippen molar-refractivity contribution in [3.05, 3.63) is 31.0 Å². The van der Waals surface area contributed by atoms with E-state index in [9.17, 15) is 4.79 Å². The first kappa shape index (κ1) is 13.9. The molecule has 0 bridgehead atoms. The number of ether oxygens (including phenoxy) is 1. The van der Waals surface area contributed by atoms with E-state index in [1.54, 1.807) is 4.90 Å². The van der Waals surface area contributed by atoms with Crippen LogP contribution in [0, 0.1) is 0 Å². The van der Waals surface area contributed by atoms with E-state index < -0.39 is 0 Å². The number of carbonyl (C=O) groups excluding carboxylic acids is 1. The quantitative estimate of drug-likeness (QED) is 0.793. The zero-order chi connectivity index (χ0) is 14.7. The summed E-state index contributed by atoms with van der Waals surface area (Å²) in [5, 5.41) is 0. The lowest BCUT2D eigenvalue weighted by Crippen LogP contribution is -2.29. The summed E-state index contributed by atoms with van der Waals surface area (Å²) in [6, 6.07) is 3.87. The molecule has 5 nitrogen and oxygen atoms in total. The molecule has 21 heavy (non-hydrogen) atoms. The van der Waals surface area contributed by atoms with Gasteiger partial charge in [-0.3, -0.25) is 4.79 Å². The van der Waals surface area contributed by atoms with Crippen LogP contribution >= 0.6 is 0 Å². The highest BCUT2D eigenvalue weighted by Gasteiger charge is 2.28. The van der Waals surface area contributed by atoms with Crippen molar-refractivity contribution in [2.75, 3.05) is 31.1 Å². The van der Waals surface area contributed by atoms with Gasteiger partial charge in [0, 0.05) is 32.3 Å². The van der Waals surface area contributed by atoms with Gasteiger partial charge in [0.25, 0.3) is 0 Å². The number of amides is 1. The topological polar surface area (TPSA) is 45.7 Å². The lowest BCUT2D eigenvalue weighted by Gasteiger charge is -2.22. The van der Waals surface area contributed by atoms with Crippen molar-refractivity contribution in [2.24, 2.45) is 0 Å². The van der Waals surface area contributed by atoms with Crippen molar-refractivity contribution in [2.45, 2.75) is 25.4 Å². The van der Waals surface area contributed by atoms with Crippen LogP contribution in [-0.4, -0.2) is 48.1 Å². The van der Waals surface area contributed by atoms with Crippen molar-refractivity contribution >= 4 is 11.7 Å². The first-order chi connectivity index (χ1) is 10.3. The molecule has 0 aromatic carbocycles. The lowest BCUT2D eigenvalue weighted by molar-refractivity contribution is -0.125. The molecule has 3 rings (SSSR count). The number of carbonyl (C=O) groups is 1. The third-order valence-electron chi connectivity index (χ3n) is 4.08. The first-order valence-corrected chi connectivity index (χ1v) is 7.56. The van der Waals surface area contributed by atoms with Crippen LogP contribution in [0.5, 0.6) is 5.75 Å². The van der Waals surface area contributed by atoms with E-state index in [1.165, 1.54) is 18.9 Å². The Hall–Kier alpha value is -2.04. The highest BCUT2D eigenvalue weighted by atomic mass is 16.5. The number of anilines is 1. The smallest absolute Gasteiger partial charge is 0.246 e. The highest BCUT2D eigenvalue weighted by molar-refractivity contribution is 5.87. The van der Waals surface area contributed by atoms with Crippen LogP contribution in [0.1, 0.15) is 19.3 Å². The van der Waals surface area contributed by atoms with E-state index in [4.69, 9.17) is 4.74 Å². The second kappa shape index (κ2) is 6.16. The van der Waals surface area contributed by atoms with Crippen LogP contribution in [-0.2, 0) is 4.79 Å². The Balaban J connectivity index is 1.68. The maximum atomic E-state index is 11.6. The fourth-order valence-electron chi connectivity index (χ4n) is 2.97. The number of pyridine rings is 1. The van der Waals surface area contributed by atoms with Gasteiger partial charge < -0.3 is 14.5 Å². The van der Waals surface area contributed by atoms with Gasteiger partial charge in [-0.1, -0.05) is 6.58 Å². The van der Waals surface area contributed by atoms with Crippen molar-refractivity contribution in [3.63, 3.8) is 0 Å². The summed E-state index contributed by atoms with van der Waals surface area (Å²) in [5.74, 6) is 1.74. The molecule has 2 saturated heterocycles. The van der Waals surface area contributed by atoms with Crippen molar-refractivity contribution < 1.29 is 9.53 Å². The summed E-state index contributed by atoms with van der Waals surface area (Å²) < 4.78 is 6.11. The lowest BCUT2D eigenvalue weighted by atomic mass is 10.3. The molecule has 0 radical (unpaired) electrons. The molecule has 1 atom stereocenters. The average molecular weight is 287 g/mol. The van der Waals surface area contributed by atoms with Crippen molar-refractivity contribution in [1.29, 1.82) is 0 Å². The second-order valence-electron chi connectivity index (χ2n) is 5.54. The van der Waals surface area contributed by atoms with Gasteiger partial charge in [-0.15, -0.1) is 0 Å². The van der Waals surface area contributed by atoms with E-state index in [0.29, 0.717) is 6.54 Å². The van der Waals surface area contributed by atoms with Crippen LogP contribution in [0.4, 0.5) is 5.82 Å². The van der Waals surface area contributed by atoms with Crippen LogP contribution in [0.15, 0.2) is 31.0 Å². The van der Waals surface area contributed by atoms with Crippen LogP contribution in [0.2, 0.25) is 0 Å². The van der Waals surface area contributed by atoms with Gasteiger partial charge in [-0.2, -0.15) is 0 Å². The third kappa shape index (κ3) is 3.01. The molecule has 2 aliphatic heterocycles. The summed E-state index contributed by atoms with van der Waals surface area (Å²) >= 11 is 0. The monoisotopic (exact) mass is 287 g/mol. The Bertz CT molecular complexity index is 526. The molecule has 0 N–H and O–H groups in total. The highest BCUT2D eigenvalue weighted by Crippen LogP contribution is 2.30. The van der Waals surface area contributed by atoms with Gasteiger partial charge in [0.05, 0.1) is 6.54 Å². The minimum Gasteiger partial charge on any atom is -0.485 e. The molecular formula is C16H21N3O2. The van der Waals surface area contributed by atoms with Crippen molar-refractivity contribution in [1.82, 2.24) is 9.88 Å². The second-order valence-corrected chi connectivity index (χ2v) is 5.54. The summed E-state index contributed by atoms with van der Waals surface area (Å²) in [6.45, 7) is 6.97. The number of hydrogen-bond donors (Lipinski definition) is 0. The molecule has 0 saturated carbocycles. The van der Waals surface area contributed by atoms with Gasteiger partial charge in [0.1, 0.15) is 6.10 Å². The Morgan fingerprint density at radius 3 is 2.95 bits per heavy atom. The minimum absolute atomic E-state index is 0.0212. The van der Waals surface area contributed by atoms with E-state index in [2.05, 4.69) is 16.5 Å². The van der Waals surface area contributed by atoms with E-state index >= 15 is 0 Å². The molecule has 0 spiro atoms. The Labute approximate surface area is 125 Å². The fourth-order valence-corrected chi connectivity index (χ4v) is 2.97. The number of nitrogens with zero attached hydrogens (tertiary/aromatic N) is 3. The fraction of sp³-hybridized carbons (Fsp3) is 0.500. The molecular weight excluding hydrogens is 266 g/mol. The first-order valence-electron chi connectivity index (χ1n) is 7.56. The predicted molar refractivity (Wildman–Crippen MR) is 81.5 cm³/mol. The largest absolute Gasteiger partial charge is 0.485 e. The Kier molecular flexibility index (Phi) is 4.08. The molecule has 0 unspecified atom stereocenters. The molecule has 112 valence electrons. The van der Waals surface area contributed by atoms with E-state index in [-0.39, 0.29) is 12.0 Å². The van der Waals surface area contributed by atoms with Crippen LogP contribution in [0.25, 0.3) is 0 Å². The van der Waals surface area contributed by atoms with Gasteiger partial charge in [-0.25, -0.2) is 4.98 Å². The molecule has 1 aromatic heterocycles. The summed E-state index contributed by atoms with van der Waals surface area (Å²) in [5.41, 5.74) is 0.